The lowest BCUT2D eigenvalue weighted by Crippen LogP contribution is -2.13. The lowest BCUT2D eigenvalue weighted by Gasteiger charge is -2.12. The second-order valence-corrected chi connectivity index (χ2v) is 5.02. The van der Waals surface area contributed by atoms with Gasteiger partial charge in [-0.2, -0.15) is 0 Å². The summed E-state index contributed by atoms with van der Waals surface area (Å²) in [4.78, 5) is 12.3. The van der Waals surface area contributed by atoms with Crippen LogP contribution in [0.3, 0.4) is 0 Å². The van der Waals surface area contributed by atoms with Crippen molar-refractivity contribution < 1.29 is 14.3 Å². The zero-order valence-electron chi connectivity index (χ0n) is 13.2. The molecule has 0 aliphatic carbocycles. The molecule has 0 fully saturated rings. The van der Waals surface area contributed by atoms with Crippen LogP contribution in [-0.4, -0.2) is 19.6 Å². The Morgan fingerprint density at radius 1 is 1.14 bits per heavy atom. The van der Waals surface area contributed by atoms with E-state index in [1.165, 1.54) is 0 Å². The molecule has 0 unspecified atom stereocenters. The van der Waals surface area contributed by atoms with Crippen LogP contribution >= 0.6 is 0 Å². The maximum atomic E-state index is 12.3. The van der Waals surface area contributed by atoms with Crippen molar-refractivity contribution in [2.24, 2.45) is 0 Å². The molecule has 4 nitrogen and oxygen atoms in total. The second-order valence-electron chi connectivity index (χ2n) is 5.02. The number of carbonyl (C=O) groups excluding carboxylic acids is 1. The standard InChI is InChI=1S/C18H21NO3/c1-4-22-17-11-13(2)5-10-16(17)19-18(20)15-8-6-14(7-9-15)12-21-3/h5-11H,4,12H2,1-3H3,(H,19,20). The van der Waals surface area contributed by atoms with Gasteiger partial charge in [0.05, 0.1) is 18.9 Å². The summed E-state index contributed by atoms with van der Waals surface area (Å²) in [7, 11) is 1.65. The van der Waals surface area contributed by atoms with Gasteiger partial charge in [0.15, 0.2) is 0 Å². The number of anilines is 1. The Labute approximate surface area is 131 Å². The van der Waals surface area contributed by atoms with Gasteiger partial charge < -0.3 is 14.8 Å². The third-order valence-electron chi connectivity index (χ3n) is 3.21. The summed E-state index contributed by atoms with van der Waals surface area (Å²) in [5, 5.41) is 2.90. The monoisotopic (exact) mass is 299 g/mol. The predicted octanol–water partition coefficient (Wildman–Crippen LogP) is 3.79. The van der Waals surface area contributed by atoms with Gasteiger partial charge in [-0.15, -0.1) is 0 Å². The van der Waals surface area contributed by atoms with Crippen LogP contribution in [0, 0.1) is 6.92 Å². The zero-order chi connectivity index (χ0) is 15.9. The molecule has 1 amide bonds. The number of amides is 1. The number of nitrogens with one attached hydrogen (secondary N) is 1. The first-order valence-electron chi connectivity index (χ1n) is 7.26. The van der Waals surface area contributed by atoms with Crippen LogP contribution in [0.25, 0.3) is 0 Å². The first kappa shape index (κ1) is 16.0. The molecule has 0 radical (unpaired) electrons. The van der Waals surface area contributed by atoms with Gasteiger partial charge in [0, 0.05) is 12.7 Å². The highest BCUT2D eigenvalue weighted by Crippen LogP contribution is 2.26. The molecule has 2 aromatic rings. The summed E-state index contributed by atoms with van der Waals surface area (Å²) < 4.78 is 10.6. The van der Waals surface area contributed by atoms with Gasteiger partial charge in [0.25, 0.3) is 5.91 Å². The molecule has 22 heavy (non-hydrogen) atoms. The van der Waals surface area contributed by atoms with E-state index in [9.17, 15) is 4.79 Å². The van der Waals surface area contributed by atoms with Gasteiger partial charge >= 0.3 is 0 Å². The van der Waals surface area contributed by atoms with Crippen LogP contribution in [0.1, 0.15) is 28.4 Å². The number of rotatable bonds is 6. The summed E-state index contributed by atoms with van der Waals surface area (Å²) in [6.07, 6.45) is 0. The molecule has 0 spiro atoms. The van der Waals surface area contributed by atoms with E-state index in [2.05, 4.69) is 5.32 Å². The third-order valence-corrected chi connectivity index (χ3v) is 3.21. The van der Waals surface area contributed by atoms with Crippen molar-refractivity contribution in [3.8, 4) is 5.75 Å². The van der Waals surface area contributed by atoms with E-state index in [1.54, 1.807) is 19.2 Å². The topological polar surface area (TPSA) is 47.6 Å². The SMILES string of the molecule is CCOc1cc(C)ccc1NC(=O)c1ccc(COC)cc1. The molecule has 0 aliphatic rings. The van der Waals surface area contributed by atoms with E-state index in [0.717, 1.165) is 11.1 Å². The smallest absolute Gasteiger partial charge is 0.255 e. The molecule has 4 heteroatoms. The van der Waals surface area contributed by atoms with Crippen molar-refractivity contribution in [2.75, 3.05) is 19.0 Å². The molecular weight excluding hydrogens is 278 g/mol. The van der Waals surface area contributed by atoms with Crippen LogP contribution < -0.4 is 10.1 Å². The van der Waals surface area contributed by atoms with Crippen LogP contribution in [0.2, 0.25) is 0 Å². The van der Waals surface area contributed by atoms with Gasteiger partial charge in [-0.25, -0.2) is 0 Å². The molecule has 0 saturated carbocycles. The highest BCUT2D eigenvalue weighted by Gasteiger charge is 2.10. The van der Waals surface area contributed by atoms with Crippen molar-refractivity contribution in [3.05, 3.63) is 59.2 Å². The Balaban J connectivity index is 2.14. The number of benzene rings is 2. The molecule has 0 saturated heterocycles. The summed E-state index contributed by atoms with van der Waals surface area (Å²) in [5.41, 5.74) is 3.40. The summed E-state index contributed by atoms with van der Waals surface area (Å²) >= 11 is 0. The van der Waals surface area contributed by atoms with E-state index >= 15 is 0 Å². The molecule has 2 rings (SSSR count). The molecular formula is C18H21NO3. The zero-order valence-corrected chi connectivity index (χ0v) is 13.2. The first-order chi connectivity index (χ1) is 10.6. The lowest BCUT2D eigenvalue weighted by molar-refractivity contribution is 0.102. The molecule has 1 N–H and O–H groups in total. The lowest BCUT2D eigenvalue weighted by atomic mass is 10.1. The molecule has 0 aliphatic heterocycles. The minimum atomic E-state index is -0.159. The van der Waals surface area contributed by atoms with Gasteiger partial charge in [-0.05, 0) is 49.2 Å². The van der Waals surface area contributed by atoms with Crippen molar-refractivity contribution in [1.82, 2.24) is 0 Å². The molecule has 0 atom stereocenters. The van der Waals surface area contributed by atoms with Gasteiger partial charge in [-0.1, -0.05) is 18.2 Å². The van der Waals surface area contributed by atoms with Crippen molar-refractivity contribution >= 4 is 11.6 Å². The van der Waals surface area contributed by atoms with Crippen molar-refractivity contribution in [3.63, 3.8) is 0 Å². The molecule has 0 aromatic heterocycles. The van der Waals surface area contributed by atoms with Crippen molar-refractivity contribution in [1.29, 1.82) is 0 Å². The van der Waals surface area contributed by atoms with E-state index in [-0.39, 0.29) is 5.91 Å². The maximum absolute atomic E-state index is 12.3. The Morgan fingerprint density at radius 3 is 2.50 bits per heavy atom. The number of methoxy groups -OCH3 is 1. The fourth-order valence-corrected chi connectivity index (χ4v) is 2.12. The Kier molecular flexibility index (Phi) is 5.55. The molecule has 116 valence electrons. The number of hydrogen-bond donors (Lipinski definition) is 1. The van der Waals surface area contributed by atoms with E-state index in [1.807, 2.05) is 44.2 Å². The molecule has 0 heterocycles. The van der Waals surface area contributed by atoms with Crippen LogP contribution in [0.15, 0.2) is 42.5 Å². The fraction of sp³-hybridized carbons (Fsp3) is 0.278. The Hall–Kier alpha value is -2.33. The first-order valence-corrected chi connectivity index (χ1v) is 7.26. The fourth-order valence-electron chi connectivity index (χ4n) is 2.12. The highest BCUT2D eigenvalue weighted by atomic mass is 16.5. The summed E-state index contributed by atoms with van der Waals surface area (Å²) in [6.45, 7) is 5.00. The maximum Gasteiger partial charge on any atom is 0.255 e. The average Bonchev–Trinajstić information content (AvgIpc) is 2.51. The summed E-state index contributed by atoms with van der Waals surface area (Å²) in [5.74, 6) is 0.528. The minimum Gasteiger partial charge on any atom is -0.492 e. The Bertz CT molecular complexity index is 635. The number of hydrogen-bond acceptors (Lipinski definition) is 3. The van der Waals surface area contributed by atoms with Gasteiger partial charge in [-0.3, -0.25) is 4.79 Å². The number of ether oxygens (including phenoxy) is 2. The Morgan fingerprint density at radius 2 is 1.86 bits per heavy atom. The minimum absolute atomic E-state index is 0.159. The van der Waals surface area contributed by atoms with Gasteiger partial charge in [0.2, 0.25) is 0 Å². The van der Waals surface area contributed by atoms with E-state index < -0.39 is 0 Å². The second kappa shape index (κ2) is 7.61. The van der Waals surface area contributed by atoms with E-state index in [4.69, 9.17) is 9.47 Å². The van der Waals surface area contributed by atoms with E-state index in [0.29, 0.717) is 30.2 Å². The molecule has 0 bridgehead atoms. The van der Waals surface area contributed by atoms with Crippen LogP contribution in [0.4, 0.5) is 5.69 Å². The number of carbonyl (C=O) groups is 1. The predicted molar refractivity (Wildman–Crippen MR) is 87.5 cm³/mol. The summed E-state index contributed by atoms with van der Waals surface area (Å²) in [6, 6.07) is 13.1. The van der Waals surface area contributed by atoms with Crippen LogP contribution in [0.5, 0.6) is 5.75 Å². The van der Waals surface area contributed by atoms with Gasteiger partial charge in [0.1, 0.15) is 5.75 Å². The molecule has 2 aromatic carbocycles. The average molecular weight is 299 g/mol. The van der Waals surface area contributed by atoms with Crippen molar-refractivity contribution in [2.45, 2.75) is 20.5 Å². The van der Waals surface area contributed by atoms with Crippen LogP contribution in [-0.2, 0) is 11.3 Å². The largest absolute Gasteiger partial charge is 0.492 e. The highest BCUT2D eigenvalue weighted by molar-refractivity contribution is 6.05. The quantitative estimate of drug-likeness (QED) is 0.882. The number of aryl methyl sites for hydroxylation is 1. The normalized spacial score (nSPS) is 10.3. The third kappa shape index (κ3) is 4.09.